The Morgan fingerprint density at radius 2 is 1.44 bits per heavy atom. The molecule has 52 heavy (non-hydrogen) atoms. The van der Waals surface area contributed by atoms with E-state index in [-0.39, 0.29) is 0 Å². The molecule has 0 aromatic carbocycles. The van der Waals surface area contributed by atoms with Crippen LogP contribution in [0.25, 0.3) is 0 Å². The van der Waals surface area contributed by atoms with Gasteiger partial charge in [-0.15, -0.1) is 0 Å². The first-order chi connectivity index (χ1) is 25.6. The van der Waals surface area contributed by atoms with E-state index in [1.165, 1.54) is 128 Å². The number of rotatable bonds is 6. The monoisotopic (exact) mass is 713 g/mol. The Morgan fingerprint density at radius 3 is 2.19 bits per heavy atom. The van der Waals surface area contributed by atoms with Crippen molar-refractivity contribution in [2.24, 2.45) is 53.3 Å². The van der Waals surface area contributed by atoms with E-state index in [0.29, 0.717) is 23.8 Å². The molecule has 1 heterocycles. The van der Waals surface area contributed by atoms with Gasteiger partial charge in [-0.1, -0.05) is 47.6 Å². The number of nitrogens with zero attached hydrogens (tertiary/aromatic N) is 3. The molecule has 10 atom stereocenters. The van der Waals surface area contributed by atoms with Crippen molar-refractivity contribution in [3.05, 3.63) is 70.6 Å². The molecule has 0 bridgehead atoms. The quantitative estimate of drug-likeness (QED) is 0.257. The summed E-state index contributed by atoms with van der Waals surface area (Å²) < 4.78 is 0. The number of allylic oxidation sites excluding steroid dienone is 12. The van der Waals surface area contributed by atoms with Crippen LogP contribution in [0.4, 0.5) is 0 Å². The number of nitriles is 2. The summed E-state index contributed by atoms with van der Waals surface area (Å²) in [7, 11) is 0. The van der Waals surface area contributed by atoms with Crippen molar-refractivity contribution in [1.29, 1.82) is 10.5 Å². The Hall–Kier alpha value is -2.43. The van der Waals surface area contributed by atoms with Crippen LogP contribution >= 0.6 is 11.8 Å². The second kappa shape index (κ2) is 15.7. The Labute approximate surface area is 319 Å². The maximum atomic E-state index is 9.60. The maximum absolute atomic E-state index is 9.60. The van der Waals surface area contributed by atoms with E-state index in [9.17, 15) is 10.5 Å². The van der Waals surface area contributed by atoms with E-state index < -0.39 is 0 Å². The molecule has 9 aliphatic rings. The molecule has 0 spiro atoms. The molecular weight excluding hydrogens is 651 g/mol. The zero-order valence-corrected chi connectivity index (χ0v) is 32.6. The lowest BCUT2D eigenvalue weighted by molar-refractivity contribution is 0.146. The number of thioether (sulfide) groups is 1. The summed E-state index contributed by atoms with van der Waals surface area (Å²) in [5.41, 5.74) is 7.80. The van der Waals surface area contributed by atoms with Crippen molar-refractivity contribution < 1.29 is 0 Å². The minimum atomic E-state index is 0.321. The smallest absolute Gasteiger partial charge is 0.0943 e. The predicted octanol–water partition coefficient (Wildman–Crippen LogP) is 12.5. The second-order valence-corrected chi connectivity index (χ2v) is 20.2. The molecule has 4 heteroatoms. The molecule has 10 unspecified atom stereocenters. The van der Waals surface area contributed by atoms with Crippen LogP contribution in [0.2, 0.25) is 0 Å². The van der Waals surface area contributed by atoms with Crippen molar-refractivity contribution in [1.82, 2.24) is 4.90 Å². The van der Waals surface area contributed by atoms with E-state index >= 15 is 0 Å². The standard InChI is InChI=1S/C48H63N3S/c49-30-32-6-8-40-28-39(10-9-38(40)26-32)36-13-20-43(21-14-36)51(42-18-11-35(12-19-42)34-4-2-1-3-5-34)44-22-15-37(16-23-44)41-17-25-46-45-24-7-33(31-50)27-47(45)52-48(46)29-41/h1-2,11,18,22,26,28,33-34,36-38,40-41,43,45-48H,3-10,12-17,19-21,23-25,27,29H2. The average Bonchev–Trinajstić information content (AvgIpc) is 3.59. The van der Waals surface area contributed by atoms with Crippen LogP contribution in [0.15, 0.2) is 70.6 Å². The third-order valence-electron chi connectivity index (χ3n) is 16.1. The fraction of sp³-hybridized carbons (Fsp3) is 0.708. The molecule has 4 fully saturated rings. The fourth-order valence-electron chi connectivity index (χ4n) is 13.2. The summed E-state index contributed by atoms with van der Waals surface area (Å²) in [6.45, 7) is 0. The highest BCUT2D eigenvalue weighted by Gasteiger charge is 2.49. The van der Waals surface area contributed by atoms with E-state index in [2.05, 4.69) is 71.3 Å². The van der Waals surface area contributed by atoms with Gasteiger partial charge in [0.2, 0.25) is 0 Å². The van der Waals surface area contributed by atoms with Crippen LogP contribution in [0.1, 0.15) is 141 Å². The van der Waals surface area contributed by atoms with Gasteiger partial charge in [-0.05, 0) is 195 Å². The molecule has 9 rings (SSSR count). The molecule has 0 aromatic rings. The molecule has 1 saturated heterocycles. The first-order valence-electron chi connectivity index (χ1n) is 22.0. The van der Waals surface area contributed by atoms with Gasteiger partial charge in [0.25, 0.3) is 0 Å². The molecule has 3 saturated carbocycles. The molecular formula is C48H63N3S. The molecule has 8 aliphatic carbocycles. The minimum Gasteiger partial charge on any atom is -0.346 e. The van der Waals surface area contributed by atoms with Crippen molar-refractivity contribution in [2.45, 2.75) is 158 Å². The number of hydrogen-bond acceptors (Lipinski definition) is 4. The van der Waals surface area contributed by atoms with Gasteiger partial charge in [0, 0.05) is 39.4 Å². The topological polar surface area (TPSA) is 50.8 Å². The predicted molar refractivity (Wildman–Crippen MR) is 215 cm³/mol. The highest BCUT2D eigenvalue weighted by Crippen LogP contribution is 2.58. The minimum absolute atomic E-state index is 0.321. The fourth-order valence-corrected chi connectivity index (χ4v) is 15.4. The lowest BCUT2D eigenvalue weighted by Crippen LogP contribution is -2.39. The van der Waals surface area contributed by atoms with Crippen LogP contribution in [-0.2, 0) is 0 Å². The molecule has 0 aromatic heterocycles. The van der Waals surface area contributed by atoms with Gasteiger partial charge in [-0.3, -0.25) is 0 Å². The Balaban J connectivity index is 0.877. The van der Waals surface area contributed by atoms with Gasteiger partial charge in [-0.25, -0.2) is 0 Å². The Bertz CT molecular complexity index is 1600. The van der Waals surface area contributed by atoms with Gasteiger partial charge >= 0.3 is 0 Å². The van der Waals surface area contributed by atoms with Crippen LogP contribution in [0.5, 0.6) is 0 Å². The Kier molecular flexibility index (Phi) is 10.7. The second-order valence-electron chi connectivity index (χ2n) is 18.7. The van der Waals surface area contributed by atoms with Gasteiger partial charge in [0.15, 0.2) is 0 Å². The zero-order valence-electron chi connectivity index (χ0n) is 31.8. The molecule has 3 nitrogen and oxygen atoms in total. The summed E-state index contributed by atoms with van der Waals surface area (Å²) in [5, 5.41) is 20.7. The summed E-state index contributed by atoms with van der Waals surface area (Å²) >= 11 is 2.33. The first-order valence-corrected chi connectivity index (χ1v) is 23.0. The van der Waals surface area contributed by atoms with Crippen molar-refractivity contribution in [2.75, 3.05) is 0 Å². The molecule has 0 N–H and O–H groups in total. The van der Waals surface area contributed by atoms with Gasteiger partial charge in [0.1, 0.15) is 0 Å². The molecule has 0 radical (unpaired) electrons. The molecule has 276 valence electrons. The molecule has 1 aliphatic heterocycles. The zero-order chi connectivity index (χ0) is 35.0. The van der Waals surface area contributed by atoms with Crippen LogP contribution in [0, 0.1) is 75.9 Å². The summed E-state index contributed by atoms with van der Waals surface area (Å²) in [4.78, 5) is 2.93. The van der Waals surface area contributed by atoms with E-state index in [4.69, 9.17) is 0 Å². The third kappa shape index (κ3) is 7.22. The van der Waals surface area contributed by atoms with Crippen molar-refractivity contribution in [3.63, 3.8) is 0 Å². The van der Waals surface area contributed by atoms with Gasteiger partial charge in [0.05, 0.1) is 12.1 Å². The molecule has 0 amide bonds. The largest absolute Gasteiger partial charge is 0.346 e. The summed E-state index contributed by atoms with van der Waals surface area (Å²) in [6.07, 6.45) is 45.9. The highest BCUT2D eigenvalue weighted by molar-refractivity contribution is 8.00. The number of fused-ring (bicyclic) bond motifs is 4. The highest BCUT2D eigenvalue weighted by atomic mass is 32.2. The van der Waals surface area contributed by atoms with Crippen molar-refractivity contribution >= 4 is 11.8 Å². The van der Waals surface area contributed by atoms with E-state index in [0.717, 1.165) is 64.4 Å². The average molecular weight is 714 g/mol. The third-order valence-corrected chi connectivity index (χ3v) is 17.9. The van der Waals surface area contributed by atoms with Crippen LogP contribution in [0.3, 0.4) is 0 Å². The van der Waals surface area contributed by atoms with Gasteiger partial charge < -0.3 is 4.90 Å². The normalized spacial score (nSPS) is 41.7. The van der Waals surface area contributed by atoms with Crippen LogP contribution in [-0.4, -0.2) is 21.4 Å². The Morgan fingerprint density at radius 1 is 0.615 bits per heavy atom. The summed E-state index contributed by atoms with van der Waals surface area (Å²) in [6, 6.07) is 5.72. The summed E-state index contributed by atoms with van der Waals surface area (Å²) in [5.74, 6) is 6.75. The first kappa shape index (κ1) is 35.3. The number of hydrogen-bond donors (Lipinski definition) is 0. The maximum Gasteiger partial charge on any atom is 0.0943 e. The van der Waals surface area contributed by atoms with E-state index in [1.54, 1.807) is 22.5 Å². The lowest BCUT2D eigenvalue weighted by atomic mass is 9.66. The van der Waals surface area contributed by atoms with Gasteiger partial charge in [-0.2, -0.15) is 22.3 Å². The van der Waals surface area contributed by atoms with E-state index in [1.807, 2.05) is 0 Å². The van der Waals surface area contributed by atoms with Crippen LogP contribution < -0.4 is 0 Å². The lowest BCUT2D eigenvalue weighted by Gasteiger charge is -2.45. The SMILES string of the molecule is N#CC1=CC2CCC(C3CCC(N(C4=CC=C(C5CC=CCC5)CC4)C4=CCC(C5CCC6C(C5)SC5CC(C#N)CCC56)CC4)CC3)=CC2CC1. The van der Waals surface area contributed by atoms with Crippen molar-refractivity contribution in [3.8, 4) is 12.1 Å².